The topological polar surface area (TPSA) is 37.8 Å². The van der Waals surface area contributed by atoms with Gasteiger partial charge in [0.1, 0.15) is 16.8 Å². The van der Waals surface area contributed by atoms with Gasteiger partial charge in [-0.1, -0.05) is 38.8 Å². The second-order valence-electron chi connectivity index (χ2n) is 4.28. The summed E-state index contributed by atoms with van der Waals surface area (Å²) >= 11 is 6.08. The molecule has 0 fully saturated rings. The van der Waals surface area contributed by atoms with E-state index in [9.17, 15) is 0 Å². The van der Waals surface area contributed by atoms with E-state index in [-0.39, 0.29) is 0 Å². The SMILES string of the molecule is CCCCNc1nc(C(C)C)nc(Cl)c1C. The molecule has 0 spiro atoms. The van der Waals surface area contributed by atoms with E-state index in [2.05, 4.69) is 36.1 Å². The highest BCUT2D eigenvalue weighted by Gasteiger charge is 2.11. The van der Waals surface area contributed by atoms with Gasteiger partial charge in [-0.2, -0.15) is 0 Å². The van der Waals surface area contributed by atoms with Gasteiger partial charge in [0.15, 0.2) is 0 Å². The lowest BCUT2D eigenvalue weighted by Crippen LogP contribution is -2.09. The Bertz CT molecular complexity index is 350. The average molecular weight is 242 g/mol. The molecule has 0 aliphatic rings. The molecule has 0 aliphatic heterocycles. The molecule has 1 aromatic rings. The van der Waals surface area contributed by atoms with E-state index in [4.69, 9.17) is 11.6 Å². The van der Waals surface area contributed by atoms with Crippen molar-refractivity contribution >= 4 is 17.4 Å². The Hall–Kier alpha value is -0.830. The molecule has 1 rings (SSSR count). The number of hydrogen-bond donors (Lipinski definition) is 1. The van der Waals surface area contributed by atoms with Crippen LogP contribution in [-0.4, -0.2) is 16.5 Å². The molecule has 1 aromatic heterocycles. The Labute approximate surface area is 103 Å². The van der Waals surface area contributed by atoms with E-state index in [0.29, 0.717) is 11.1 Å². The molecule has 0 aliphatic carbocycles. The normalized spacial score (nSPS) is 10.9. The third-order valence-electron chi connectivity index (χ3n) is 2.44. The number of hydrogen-bond acceptors (Lipinski definition) is 3. The zero-order valence-corrected chi connectivity index (χ0v) is 11.2. The number of anilines is 1. The molecular weight excluding hydrogens is 222 g/mol. The van der Waals surface area contributed by atoms with Gasteiger partial charge in [-0.15, -0.1) is 0 Å². The minimum absolute atomic E-state index is 0.296. The fraction of sp³-hybridized carbons (Fsp3) is 0.667. The van der Waals surface area contributed by atoms with Gasteiger partial charge in [0, 0.05) is 18.0 Å². The summed E-state index contributed by atoms with van der Waals surface area (Å²) in [7, 11) is 0. The summed E-state index contributed by atoms with van der Waals surface area (Å²) in [5.41, 5.74) is 0.933. The summed E-state index contributed by atoms with van der Waals surface area (Å²) in [6.07, 6.45) is 2.31. The zero-order chi connectivity index (χ0) is 12.1. The van der Waals surface area contributed by atoms with Crippen LogP contribution in [-0.2, 0) is 0 Å². The summed E-state index contributed by atoms with van der Waals surface area (Å²) in [5.74, 6) is 1.97. The first-order chi connectivity index (χ1) is 7.56. The molecule has 0 saturated heterocycles. The number of rotatable bonds is 5. The quantitative estimate of drug-likeness (QED) is 0.630. The summed E-state index contributed by atoms with van der Waals surface area (Å²) < 4.78 is 0. The van der Waals surface area contributed by atoms with Crippen LogP contribution in [0.4, 0.5) is 5.82 Å². The Morgan fingerprint density at radius 3 is 2.56 bits per heavy atom. The third-order valence-corrected chi connectivity index (χ3v) is 2.81. The minimum Gasteiger partial charge on any atom is -0.370 e. The summed E-state index contributed by atoms with van der Waals surface area (Å²) in [5, 5.41) is 3.87. The molecule has 16 heavy (non-hydrogen) atoms. The molecular formula is C12H20ClN3. The van der Waals surface area contributed by atoms with Crippen LogP contribution in [0, 0.1) is 6.92 Å². The molecule has 4 heteroatoms. The third kappa shape index (κ3) is 3.34. The van der Waals surface area contributed by atoms with Crippen molar-refractivity contribution in [3.63, 3.8) is 0 Å². The Morgan fingerprint density at radius 2 is 2.00 bits per heavy atom. The van der Waals surface area contributed by atoms with Crippen LogP contribution in [0.5, 0.6) is 0 Å². The first kappa shape index (κ1) is 13.2. The predicted octanol–water partition coefficient (Wildman–Crippen LogP) is 3.77. The lowest BCUT2D eigenvalue weighted by Gasteiger charge is -2.12. The van der Waals surface area contributed by atoms with Gasteiger partial charge in [-0.3, -0.25) is 0 Å². The van der Waals surface area contributed by atoms with Crippen molar-refractivity contribution in [2.45, 2.75) is 46.5 Å². The number of aromatic nitrogens is 2. The van der Waals surface area contributed by atoms with E-state index in [1.54, 1.807) is 0 Å². The fourth-order valence-electron chi connectivity index (χ4n) is 1.32. The average Bonchev–Trinajstić information content (AvgIpc) is 2.24. The van der Waals surface area contributed by atoms with Crippen molar-refractivity contribution in [2.75, 3.05) is 11.9 Å². The lowest BCUT2D eigenvalue weighted by molar-refractivity contribution is 0.767. The van der Waals surface area contributed by atoms with Crippen LogP contribution in [0.2, 0.25) is 5.15 Å². The maximum atomic E-state index is 6.08. The van der Waals surface area contributed by atoms with Crippen molar-refractivity contribution in [1.29, 1.82) is 0 Å². The van der Waals surface area contributed by atoms with Gasteiger partial charge in [-0.05, 0) is 13.3 Å². The summed E-state index contributed by atoms with van der Waals surface area (Å²) in [6, 6.07) is 0. The molecule has 0 amide bonds. The first-order valence-corrected chi connectivity index (χ1v) is 6.22. The molecule has 0 radical (unpaired) electrons. The highest BCUT2D eigenvalue weighted by molar-refractivity contribution is 6.30. The van der Waals surface area contributed by atoms with Crippen LogP contribution in [0.25, 0.3) is 0 Å². The van der Waals surface area contributed by atoms with Gasteiger partial charge in [0.05, 0.1) is 0 Å². The second kappa shape index (κ2) is 6.04. The molecule has 90 valence electrons. The van der Waals surface area contributed by atoms with E-state index >= 15 is 0 Å². The van der Waals surface area contributed by atoms with Crippen LogP contribution >= 0.6 is 11.6 Å². The van der Waals surface area contributed by atoms with Crippen LogP contribution < -0.4 is 5.32 Å². The second-order valence-corrected chi connectivity index (χ2v) is 4.64. The van der Waals surface area contributed by atoms with Gasteiger partial charge < -0.3 is 5.32 Å². The van der Waals surface area contributed by atoms with Crippen molar-refractivity contribution in [3.05, 3.63) is 16.5 Å². The molecule has 1 N–H and O–H groups in total. The van der Waals surface area contributed by atoms with Gasteiger partial charge in [0.2, 0.25) is 0 Å². The monoisotopic (exact) mass is 241 g/mol. The molecule has 0 bridgehead atoms. The highest BCUT2D eigenvalue weighted by atomic mass is 35.5. The van der Waals surface area contributed by atoms with Gasteiger partial charge in [0.25, 0.3) is 0 Å². The summed E-state index contributed by atoms with van der Waals surface area (Å²) in [6.45, 7) is 9.18. The molecule has 1 heterocycles. The van der Waals surface area contributed by atoms with Gasteiger partial charge in [-0.25, -0.2) is 9.97 Å². The van der Waals surface area contributed by atoms with Crippen molar-refractivity contribution in [2.24, 2.45) is 0 Å². The lowest BCUT2D eigenvalue weighted by atomic mass is 10.2. The molecule has 3 nitrogen and oxygen atoms in total. The Balaban J connectivity index is 2.88. The van der Waals surface area contributed by atoms with Crippen LogP contribution in [0.15, 0.2) is 0 Å². The maximum Gasteiger partial charge on any atom is 0.137 e. The molecule has 0 aromatic carbocycles. The minimum atomic E-state index is 0.296. The number of nitrogens with zero attached hydrogens (tertiary/aromatic N) is 2. The van der Waals surface area contributed by atoms with E-state index in [0.717, 1.165) is 30.2 Å². The van der Waals surface area contributed by atoms with E-state index in [1.807, 2.05) is 6.92 Å². The smallest absolute Gasteiger partial charge is 0.137 e. The molecule has 0 saturated carbocycles. The number of halogens is 1. The van der Waals surface area contributed by atoms with Crippen molar-refractivity contribution in [3.8, 4) is 0 Å². The van der Waals surface area contributed by atoms with Crippen LogP contribution in [0.3, 0.4) is 0 Å². The summed E-state index contributed by atoms with van der Waals surface area (Å²) in [4.78, 5) is 8.77. The first-order valence-electron chi connectivity index (χ1n) is 5.84. The standard InChI is InChI=1S/C12H20ClN3/c1-5-6-7-14-12-9(4)10(13)15-11(16-12)8(2)3/h8H,5-7H2,1-4H3,(H,14,15,16). The van der Waals surface area contributed by atoms with E-state index < -0.39 is 0 Å². The predicted molar refractivity (Wildman–Crippen MR) is 69.3 cm³/mol. The maximum absolute atomic E-state index is 6.08. The van der Waals surface area contributed by atoms with E-state index in [1.165, 1.54) is 6.42 Å². The van der Waals surface area contributed by atoms with Gasteiger partial charge >= 0.3 is 0 Å². The van der Waals surface area contributed by atoms with Crippen molar-refractivity contribution < 1.29 is 0 Å². The van der Waals surface area contributed by atoms with Crippen LogP contribution in [0.1, 0.15) is 50.9 Å². The highest BCUT2D eigenvalue weighted by Crippen LogP contribution is 2.22. The molecule has 0 unspecified atom stereocenters. The Morgan fingerprint density at radius 1 is 1.31 bits per heavy atom. The van der Waals surface area contributed by atoms with Crippen molar-refractivity contribution in [1.82, 2.24) is 9.97 Å². The number of unbranched alkanes of at least 4 members (excludes halogenated alkanes) is 1. The molecule has 0 atom stereocenters. The Kier molecular flexibility index (Phi) is 5.00. The largest absolute Gasteiger partial charge is 0.370 e. The number of nitrogens with one attached hydrogen (secondary N) is 1. The fourth-order valence-corrected chi connectivity index (χ4v) is 1.50. The zero-order valence-electron chi connectivity index (χ0n) is 10.5.